The zero-order chi connectivity index (χ0) is 16.4. The molecule has 2 aromatic carbocycles. The molecule has 24 heavy (non-hydrogen) atoms. The van der Waals surface area contributed by atoms with E-state index in [1.807, 2.05) is 18.2 Å². The number of hydrazone groups is 1. The summed E-state index contributed by atoms with van der Waals surface area (Å²) in [6, 6.07) is 22.9. The highest BCUT2D eigenvalue weighted by Crippen LogP contribution is 2.26. The van der Waals surface area contributed by atoms with Crippen molar-refractivity contribution >= 4 is 17.3 Å². The van der Waals surface area contributed by atoms with Crippen LogP contribution in [0.5, 0.6) is 0 Å². The van der Waals surface area contributed by atoms with Crippen molar-refractivity contribution in [2.45, 2.75) is 12.5 Å². The fourth-order valence-corrected chi connectivity index (χ4v) is 3.01. The molecular weight excluding hydrogens is 318 g/mol. The van der Waals surface area contributed by atoms with E-state index in [9.17, 15) is 0 Å². The van der Waals surface area contributed by atoms with Gasteiger partial charge in [-0.2, -0.15) is 5.10 Å². The summed E-state index contributed by atoms with van der Waals surface area (Å²) in [5, 5.41) is 5.00. The van der Waals surface area contributed by atoms with Gasteiger partial charge in [-0.05, 0) is 28.3 Å². The van der Waals surface area contributed by atoms with E-state index in [1.165, 1.54) is 11.1 Å². The SMILES string of the molecule is Clc1ccc(C2CC(c3ccc(-c4ccccc4)cc3)=NN2)cn1. The van der Waals surface area contributed by atoms with E-state index in [0.29, 0.717) is 5.15 Å². The summed E-state index contributed by atoms with van der Waals surface area (Å²) >= 11 is 5.85. The van der Waals surface area contributed by atoms with E-state index in [4.69, 9.17) is 11.6 Å². The van der Waals surface area contributed by atoms with Crippen molar-refractivity contribution in [3.05, 3.63) is 89.2 Å². The molecule has 0 amide bonds. The minimum absolute atomic E-state index is 0.151. The summed E-state index contributed by atoms with van der Waals surface area (Å²) in [6.45, 7) is 0. The Balaban J connectivity index is 1.50. The molecule has 1 aliphatic rings. The Bertz CT molecular complexity index is 856. The number of halogens is 1. The highest BCUT2D eigenvalue weighted by atomic mass is 35.5. The lowest BCUT2D eigenvalue weighted by Crippen LogP contribution is -2.10. The molecule has 2 heterocycles. The van der Waals surface area contributed by atoms with Crippen LogP contribution < -0.4 is 5.43 Å². The number of pyridine rings is 1. The Morgan fingerprint density at radius 3 is 2.25 bits per heavy atom. The minimum Gasteiger partial charge on any atom is -0.302 e. The zero-order valence-corrected chi connectivity index (χ0v) is 13.7. The van der Waals surface area contributed by atoms with Crippen molar-refractivity contribution in [3.8, 4) is 11.1 Å². The lowest BCUT2D eigenvalue weighted by Gasteiger charge is -2.09. The van der Waals surface area contributed by atoms with Gasteiger partial charge >= 0.3 is 0 Å². The van der Waals surface area contributed by atoms with Crippen molar-refractivity contribution in [2.24, 2.45) is 5.10 Å². The van der Waals surface area contributed by atoms with Gasteiger partial charge in [0.1, 0.15) is 5.15 Å². The minimum atomic E-state index is 0.151. The Kier molecular flexibility index (Phi) is 4.01. The Labute approximate surface area is 146 Å². The van der Waals surface area contributed by atoms with E-state index in [1.54, 1.807) is 6.20 Å². The van der Waals surface area contributed by atoms with Gasteiger partial charge in [-0.3, -0.25) is 0 Å². The van der Waals surface area contributed by atoms with Gasteiger partial charge in [0.05, 0.1) is 11.8 Å². The van der Waals surface area contributed by atoms with Crippen LogP contribution in [0.3, 0.4) is 0 Å². The van der Waals surface area contributed by atoms with Crippen molar-refractivity contribution in [2.75, 3.05) is 0 Å². The molecule has 4 rings (SSSR count). The molecule has 3 nitrogen and oxygen atoms in total. The first-order valence-electron chi connectivity index (χ1n) is 7.89. The summed E-state index contributed by atoms with van der Waals surface area (Å²) in [5.41, 5.74) is 8.93. The van der Waals surface area contributed by atoms with Gasteiger partial charge in [0.15, 0.2) is 0 Å². The van der Waals surface area contributed by atoms with Crippen LogP contribution in [0, 0.1) is 0 Å². The van der Waals surface area contributed by atoms with Crippen molar-refractivity contribution in [3.63, 3.8) is 0 Å². The Hall–Kier alpha value is -2.65. The third-order valence-corrected chi connectivity index (χ3v) is 4.45. The van der Waals surface area contributed by atoms with Crippen LogP contribution in [0.4, 0.5) is 0 Å². The summed E-state index contributed by atoms with van der Waals surface area (Å²) < 4.78 is 0. The van der Waals surface area contributed by atoms with Crippen molar-refractivity contribution in [1.82, 2.24) is 10.4 Å². The van der Waals surface area contributed by atoms with Crippen LogP contribution in [0.1, 0.15) is 23.6 Å². The van der Waals surface area contributed by atoms with Crippen LogP contribution in [0.2, 0.25) is 5.15 Å². The number of hydrogen-bond acceptors (Lipinski definition) is 3. The first-order valence-corrected chi connectivity index (χ1v) is 8.27. The molecule has 0 fully saturated rings. The van der Waals surface area contributed by atoms with Gasteiger partial charge in [0, 0.05) is 12.6 Å². The first-order chi connectivity index (χ1) is 11.8. The van der Waals surface area contributed by atoms with E-state index < -0.39 is 0 Å². The predicted molar refractivity (Wildman–Crippen MR) is 98.2 cm³/mol. The van der Waals surface area contributed by atoms with Crippen molar-refractivity contribution in [1.29, 1.82) is 0 Å². The maximum atomic E-state index is 5.85. The highest BCUT2D eigenvalue weighted by molar-refractivity contribution is 6.29. The lowest BCUT2D eigenvalue weighted by atomic mass is 9.98. The number of nitrogens with one attached hydrogen (secondary N) is 1. The second kappa shape index (κ2) is 6.46. The van der Waals surface area contributed by atoms with E-state index in [2.05, 4.69) is 64.0 Å². The molecule has 1 N–H and O–H groups in total. The summed E-state index contributed by atoms with van der Waals surface area (Å²) in [6.07, 6.45) is 2.64. The van der Waals surface area contributed by atoms with Crippen LogP contribution in [0.25, 0.3) is 11.1 Å². The standard InChI is InChI=1S/C20H16ClN3/c21-20-11-10-17(13-22-20)19-12-18(23-24-19)16-8-6-15(7-9-16)14-4-2-1-3-5-14/h1-11,13,19,24H,12H2. The summed E-state index contributed by atoms with van der Waals surface area (Å²) in [4.78, 5) is 4.14. The molecule has 118 valence electrons. The monoisotopic (exact) mass is 333 g/mol. The zero-order valence-electron chi connectivity index (χ0n) is 13.0. The molecule has 0 saturated carbocycles. The van der Waals surface area contributed by atoms with E-state index in [-0.39, 0.29) is 6.04 Å². The molecule has 0 radical (unpaired) electrons. The normalized spacial score (nSPS) is 16.5. The summed E-state index contributed by atoms with van der Waals surface area (Å²) in [5.74, 6) is 0. The molecule has 1 aliphatic heterocycles. The first kappa shape index (κ1) is 14.9. The van der Waals surface area contributed by atoms with Crippen LogP contribution >= 0.6 is 11.6 Å². The van der Waals surface area contributed by atoms with Crippen molar-refractivity contribution < 1.29 is 0 Å². The van der Waals surface area contributed by atoms with Crippen LogP contribution in [-0.2, 0) is 0 Å². The quantitative estimate of drug-likeness (QED) is 0.696. The third-order valence-electron chi connectivity index (χ3n) is 4.23. The second-order valence-corrected chi connectivity index (χ2v) is 6.19. The smallest absolute Gasteiger partial charge is 0.129 e. The second-order valence-electron chi connectivity index (χ2n) is 5.80. The fraction of sp³-hybridized carbons (Fsp3) is 0.100. The molecule has 0 spiro atoms. The molecule has 1 aromatic heterocycles. The average molecular weight is 334 g/mol. The topological polar surface area (TPSA) is 37.3 Å². The predicted octanol–water partition coefficient (Wildman–Crippen LogP) is 4.84. The van der Waals surface area contributed by atoms with Gasteiger partial charge in [-0.1, -0.05) is 72.3 Å². The lowest BCUT2D eigenvalue weighted by molar-refractivity contribution is 0.618. The molecule has 1 atom stereocenters. The highest BCUT2D eigenvalue weighted by Gasteiger charge is 2.21. The molecule has 0 saturated heterocycles. The van der Waals surface area contributed by atoms with Crippen LogP contribution in [-0.4, -0.2) is 10.7 Å². The largest absolute Gasteiger partial charge is 0.302 e. The summed E-state index contributed by atoms with van der Waals surface area (Å²) in [7, 11) is 0. The van der Waals surface area contributed by atoms with E-state index >= 15 is 0 Å². The van der Waals surface area contributed by atoms with Gasteiger partial charge in [0.25, 0.3) is 0 Å². The van der Waals surface area contributed by atoms with Gasteiger partial charge in [-0.25, -0.2) is 4.98 Å². The number of nitrogens with zero attached hydrogens (tertiary/aromatic N) is 2. The molecule has 0 bridgehead atoms. The number of aromatic nitrogens is 1. The molecule has 4 heteroatoms. The Morgan fingerprint density at radius 1 is 0.833 bits per heavy atom. The number of rotatable bonds is 3. The molecule has 0 aliphatic carbocycles. The number of benzene rings is 2. The van der Waals surface area contributed by atoms with Gasteiger partial charge in [-0.15, -0.1) is 0 Å². The van der Waals surface area contributed by atoms with Gasteiger partial charge in [0.2, 0.25) is 0 Å². The van der Waals surface area contributed by atoms with E-state index in [0.717, 1.165) is 23.3 Å². The molecular formula is C20H16ClN3. The third kappa shape index (κ3) is 3.03. The average Bonchev–Trinajstić information content (AvgIpc) is 3.13. The maximum absolute atomic E-state index is 5.85. The number of hydrogen-bond donors (Lipinski definition) is 1. The fourth-order valence-electron chi connectivity index (χ4n) is 2.89. The van der Waals surface area contributed by atoms with Gasteiger partial charge < -0.3 is 5.43 Å². The molecule has 3 aromatic rings. The van der Waals surface area contributed by atoms with Crippen LogP contribution in [0.15, 0.2) is 78.0 Å². The maximum Gasteiger partial charge on any atom is 0.129 e. The molecule has 1 unspecified atom stereocenters. The Morgan fingerprint density at radius 2 is 1.54 bits per heavy atom.